The number of carbonyl (C=O) groups is 1. The van der Waals surface area contributed by atoms with Crippen LogP contribution < -0.4 is 5.32 Å². The number of carbonyl (C=O) groups excluding carboxylic acids is 1. The Morgan fingerprint density at radius 2 is 1.76 bits per heavy atom. The molecule has 148 valence electrons. The molecule has 1 aromatic heterocycles. The van der Waals surface area contributed by atoms with Crippen LogP contribution in [0.25, 0.3) is 17.1 Å². The average Bonchev–Trinajstić information content (AvgIpc) is 3.17. The second-order valence-electron chi connectivity index (χ2n) is 7.15. The SMILES string of the molecule is CC(C)[C@](C)(C#N)NC(=O)CSc1nnc(-c2ccccc2)n1-c1ccccc1. The number of hydrogen-bond donors (Lipinski definition) is 1. The summed E-state index contributed by atoms with van der Waals surface area (Å²) in [4.78, 5) is 12.5. The molecule has 1 atom stereocenters. The number of thioether (sulfide) groups is 1. The lowest BCUT2D eigenvalue weighted by Crippen LogP contribution is -2.49. The van der Waals surface area contributed by atoms with Crippen LogP contribution in [0.15, 0.2) is 65.8 Å². The van der Waals surface area contributed by atoms with E-state index in [4.69, 9.17) is 0 Å². The quantitative estimate of drug-likeness (QED) is 0.599. The van der Waals surface area contributed by atoms with Crippen molar-refractivity contribution in [2.75, 3.05) is 5.75 Å². The number of nitrogens with zero attached hydrogens (tertiary/aromatic N) is 4. The first-order valence-electron chi connectivity index (χ1n) is 9.36. The Labute approximate surface area is 175 Å². The van der Waals surface area contributed by atoms with Crippen molar-refractivity contribution in [3.05, 3.63) is 60.7 Å². The lowest BCUT2D eigenvalue weighted by atomic mass is 9.90. The van der Waals surface area contributed by atoms with Crippen LogP contribution in [0.4, 0.5) is 0 Å². The Balaban J connectivity index is 1.86. The van der Waals surface area contributed by atoms with Gasteiger partial charge in [-0.05, 0) is 25.0 Å². The van der Waals surface area contributed by atoms with E-state index in [0.29, 0.717) is 11.0 Å². The number of hydrogen-bond acceptors (Lipinski definition) is 5. The fraction of sp³-hybridized carbons (Fsp3) is 0.273. The minimum Gasteiger partial charge on any atom is -0.337 e. The number of rotatable bonds is 7. The first-order valence-corrected chi connectivity index (χ1v) is 10.3. The molecule has 1 amide bonds. The minimum absolute atomic E-state index is 0.000829. The van der Waals surface area contributed by atoms with Gasteiger partial charge in [0.1, 0.15) is 5.54 Å². The molecule has 6 nitrogen and oxygen atoms in total. The lowest BCUT2D eigenvalue weighted by molar-refractivity contribution is -0.120. The van der Waals surface area contributed by atoms with E-state index in [1.807, 2.05) is 79.1 Å². The van der Waals surface area contributed by atoms with Gasteiger partial charge in [0.2, 0.25) is 5.91 Å². The van der Waals surface area contributed by atoms with E-state index in [9.17, 15) is 10.1 Å². The van der Waals surface area contributed by atoms with E-state index in [0.717, 1.165) is 11.3 Å². The molecule has 7 heteroatoms. The number of para-hydroxylation sites is 1. The first-order chi connectivity index (χ1) is 13.9. The van der Waals surface area contributed by atoms with Crippen molar-refractivity contribution >= 4 is 17.7 Å². The molecule has 0 saturated heterocycles. The van der Waals surface area contributed by atoms with Gasteiger partial charge in [-0.2, -0.15) is 5.26 Å². The van der Waals surface area contributed by atoms with Gasteiger partial charge in [-0.25, -0.2) is 0 Å². The molecule has 3 rings (SSSR count). The van der Waals surface area contributed by atoms with Crippen molar-refractivity contribution in [3.63, 3.8) is 0 Å². The van der Waals surface area contributed by atoms with E-state index >= 15 is 0 Å². The Morgan fingerprint density at radius 1 is 1.14 bits per heavy atom. The van der Waals surface area contributed by atoms with Gasteiger partial charge in [0.05, 0.1) is 11.8 Å². The standard InChI is InChI=1S/C22H23N5OS/c1-16(2)22(3,15-23)24-19(28)14-29-21-26-25-20(17-10-6-4-7-11-17)27(21)18-12-8-5-9-13-18/h4-13,16H,14H2,1-3H3,(H,24,28)/t22-/m0/s1. The van der Waals surface area contributed by atoms with Crippen molar-refractivity contribution < 1.29 is 4.79 Å². The zero-order valence-electron chi connectivity index (χ0n) is 16.7. The van der Waals surface area contributed by atoms with E-state index < -0.39 is 5.54 Å². The fourth-order valence-electron chi connectivity index (χ4n) is 2.70. The summed E-state index contributed by atoms with van der Waals surface area (Å²) in [7, 11) is 0. The zero-order valence-corrected chi connectivity index (χ0v) is 17.5. The molecular weight excluding hydrogens is 382 g/mol. The highest BCUT2D eigenvalue weighted by Gasteiger charge is 2.30. The zero-order chi connectivity index (χ0) is 20.9. The van der Waals surface area contributed by atoms with Crippen LogP contribution in [-0.2, 0) is 4.79 Å². The molecule has 0 saturated carbocycles. The summed E-state index contributed by atoms with van der Waals surface area (Å²) in [5, 5.41) is 21.6. The van der Waals surface area contributed by atoms with Gasteiger partial charge in [-0.3, -0.25) is 9.36 Å². The molecule has 0 radical (unpaired) electrons. The minimum atomic E-state index is -0.903. The van der Waals surface area contributed by atoms with Gasteiger partial charge in [-0.1, -0.05) is 74.1 Å². The molecule has 1 N–H and O–H groups in total. The Bertz CT molecular complexity index is 1010. The molecule has 3 aromatic rings. The summed E-state index contributed by atoms with van der Waals surface area (Å²) in [5.74, 6) is 0.642. The molecule has 0 unspecified atom stereocenters. The van der Waals surface area contributed by atoms with Crippen molar-refractivity contribution in [2.24, 2.45) is 5.92 Å². The van der Waals surface area contributed by atoms with Crippen molar-refractivity contribution in [1.82, 2.24) is 20.1 Å². The van der Waals surface area contributed by atoms with Crippen molar-refractivity contribution in [2.45, 2.75) is 31.5 Å². The highest BCUT2D eigenvalue weighted by Crippen LogP contribution is 2.28. The molecule has 0 bridgehead atoms. The van der Waals surface area contributed by atoms with E-state index in [-0.39, 0.29) is 17.6 Å². The molecule has 0 aliphatic carbocycles. The van der Waals surface area contributed by atoms with Crippen LogP contribution >= 0.6 is 11.8 Å². The maximum absolute atomic E-state index is 12.5. The Morgan fingerprint density at radius 3 is 2.34 bits per heavy atom. The number of nitriles is 1. The third-order valence-electron chi connectivity index (χ3n) is 4.80. The molecule has 2 aromatic carbocycles. The van der Waals surface area contributed by atoms with Crippen LogP contribution in [0.2, 0.25) is 0 Å². The highest BCUT2D eigenvalue weighted by atomic mass is 32.2. The first kappa shape index (κ1) is 20.6. The Kier molecular flexibility index (Phi) is 6.35. The topological polar surface area (TPSA) is 83.6 Å². The maximum Gasteiger partial charge on any atom is 0.231 e. The summed E-state index contributed by atoms with van der Waals surface area (Å²) in [6.07, 6.45) is 0. The second-order valence-corrected chi connectivity index (χ2v) is 8.09. The second kappa shape index (κ2) is 8.93. The smallest absolute Gasteiger partial charge is 0.231 e. The highest BCUT2D eigenvalue weighted by molar-refractivity contribution is 7.99. The lowest BCUT2D eigenvalue weighted by Gasteiger charge is -2.27. The molecule has 0 aliphatic rings. The average molecular weight is 406 g/mol. The summed E-state index contributed by atoms with van der Waals surface area (Å²) in [6, 6.07) is 21.8. The van der Waals surface area contributed by atoms with E-state index in [2.05, 4.69) is 21.6 Å². The molecule has 0 fully saturated rings. The van der Waals surface area contributed by atoms with E-state index in [1.54, 1.807) is 6.92 Å². The predicted octanol–water partition coefficient (Wildman–Crippen LogP) is 4.08. The largest absolute Gasteiger partial charge is 0.337 e. The summed E-state index contributed by atoms with van der Waals surface area (Å²) >= 11 is 1.30. The van der Waals surface area contributed by atoms with Crippen LogP contribution in [0.1, 0.15) is 20.8 Å². The predicted molar refractivity (Wildman–Crippen MR) is 115 cm³/mol. The van der Waals surface area contributed by atoms with Crippen molar-refractivity contribution in [1.29, 1.82) is 5.26 Å². The normalized spacial score (nSPS) is 12.9. The molecule has 29 heavy (non-hydrogen) atoms. The molecule has 0 aliphatic heterocycles. The third-order valence-corrected chi connectivity index (χ3v) is 5.73. The number of aromatic nitrogens is 3. The Hall–Kier alpha value is -3.11. The van der Waals surface area contributed by atoms with Gasteiger partial charge in [0.25, 0.3) is 0 Å². The molecular formula is C22H23N5OS. The van der Waals surface area contributed by atoms with E-state index in [1.165, 1.54) is 11.8 Å². The van der Waals surface area contributed by atoms with Crippen LogP contribution in [0, 0.1) is 17.2 Å². The maximum atomic E-state index is 12.5. The van der Waals surface area contributed by atoms with Gasteiger partial charge >= 0.3 is 0 Å². The monoisotopic (exact) mass is 405 g/mol. The summed E-state index contributed by atoms with van der Waals surface area (Å²) < 4.78 is 1.94. The number of nitrogens with one attached hydrogen (secondary N) is 1. The fourth-order valence-corrected chi connectivity index (χ4v) is 3.46. The van der Waals surface area contributed by atoms with Gasteiger partial charge in [0, 0.05) is 11.3 Å². The summed E-state index contributed by atoms with van der Waals surface area (Å²) in [6.45, 7) is 5.56. The van der Waals surface area contributed by atoms with Crippen LogP contribution in [-0.4, -0.2) is 32.0 Å². The van der Waals surface area contributed by atoms with Gasteiger partial charge in [-0.15, -0.1) is 10.2 Å². The number of amides is 1. The van der Waals surface area contributed by atoms with Crippen LogP contribution in [0.5, 0.6) is 0 Å². The van der Waals surface area contributed by atoms with Gasteiger partial charge < -0.3 is 5.32 Å². The summed E-state index contributed by atoms with van der Waals surface area (Å²) in [5.41, 5.74) is 0.959. The molecule has 0 spiro atoms. The van der Waals surface area contributed by atoms with Crippen molar-refractivity contribution in [3.8, 4) is 23.1 Å². The number of benzene rings is 2. The molecule has 1 heterocycles. The van der Waals surface area contributed by atoms with Crippen LogP contribution in [0.3, 0.4) is 0 Å². The van der Waals surface area contributed by atoms with Gasteiger partial charge in [0.15, 0.2) is 11.0 Å². The third kappa shape index (κ3) is 4.66.